The van der Waals surface area contributed by atoms with E-state index in [0.717, 1.165) is 55.4 Å². The summed E-state index contributed by atoms with van der Waals surface area (Å²) in [7, 11) is 2.06. The number of imidazole rings is 1. The Hall–Kier alpha value is -2.17. The molecular formula is C22H25ClN4. The number of likely N-dealkylation sites (tertiary alicyclic amines) is 1. The maximum Gasteiger partial charge on any atom is 0.122 e. The lowest BCUT2D eigenvalue weighted by Crippen LogP contribution is -2.33. The summed E-state index contributed by atoms with van der Waals surface area (Å²) in [5, 5.41) is 0.776. The van der Waals surface area contributed by atoms with Gasteiger partial charge in [0.1, 0.15) is 5.82 Å². The molecule has 3 aromatic rings. The van der Waals surface area contributed by atoms with Crippen LogP contribution in [0.4, 0.5) is 0 Å². The van der Waals surface area contributed by atoms with Gasteiger partial charge >= 0.3 is 0 Å². The van der Waals surface area contributed by atoms with E-state index in [9.17, 15) is 0 Å². The second kappa shape index (κ2) is 8.24. The van der Waals surface area contributed by atoms with Gasteiger partial charge in [0.05, 0.1) is 6.54 Å². The van der Waals surface area contributed by atoms with Crippen molar-refractivity contribution >= 4 is 11.6 Å². The SMILES string of the molecule is Cn1ccnc1CN1CCC(c2cccc(Cc3ccc(Cl)cc3)n2)CC1. The predicted octanol–water partition coefficient (Wildman–Crippen LogP) is 4.44. The van der Waals surface area contributed by atoms with Gasteiger partial charge in [-0.1, -0.05) is 29.8 Å². The van der Waals surface area contributed by atoms with E-state index in [4.69, 9.17) is 16.6 Å². The Morgan fingerprint density at radius 1 is 1.07 bits per heavy atom. The zero-order valence-corrected chi connectivity index (χ0v) is 16.4. The Bertz CT molecular complexity index is 879. The molecule has 3 heterocycles. The van der Waals surface area contributed by atoms with Gasteiger partial charge in [-0.3, -0.25) is 9.88 Å². The number of pyridine rings is 1. The van der Waals surface area contributed by atoms with Crippen LogP contribution in [0.15, 0.2) is 54.9 Å². The average molecular weight is 381 g/mol. The minimum atomic E-state index is 0.549. The van der Waals surface area contributed by atoms with Crippen molar-refractivity contribution in [2.75, 3.05) is 13.1 Å². The van der Waals surface area contributed by atoms with Gasteiger partial charge in [0.25, 0.3) is 0 Å². The van der Waals surface area contributed by atoms with Gasteiger partial charge in [-0.15, -0.1) is 0 Å². The number of piperidine rings is 1. The largest absolute Gasteiger partial charge is 0.337 e. The van der Waals surface area contributed by atoms with Gasteiger partial charge in [-0.25, -0.2) is 4.98 Å². The van der Waals surface area contributed by atoms with E-state index in [1.54, 1.807) is 0 Å². The first kappa shape index (κ1) is 18.2. The number of aryl methyl sites for hydroxylation is 1. The van der Waals surface area contributed by atoms with Crippen LogP contribution < -0.4 is 0 Å². The zero-order chi connectivity index (χ0) is 18.6. The molecule has 5 heteroatoms. The Kier molecular flexibility index (Phi) is 5.55. The average Bonchev–Trinajstić information content (AvgIpc) is 3.09. The molecule has 0 bridgehead atoms. The molecule has 4 rings (SSSR count). The van der Waals surface area contributed by atoms with Crippen molar-refractivity contribution in [3.05, 3.63) is 82.7 Å². The van der Waals surface area contributed by atoms with E-state index in [-0.39, 0.29) is 0 Å². The van der Waals surface area contributed by atoms with E-state index in [2.05, 4.69) is 51.8 Å². The zero-order valence-electron chi connectivity index (χ0n) is 15.7. The van der Waals surface area contributed by atoms with Crippen LogP contribution in [0.3, 0.4) is 0 Å². The fourth-order valence-electron chi connectivity index (χ4n) is 3.77. The van der Waals surface area contributed by atoms with Crippen molar-refractivity contribution in [1.29, 1.82) is 0 Å². The van der Waals surface area contributed by atoms with Crippen molar-refractivity contribution in [3.63, 3.8) is 0 Å². The minimum Gasteiger partial charge on any atom is -0.337 e. The third kappa shape index (κ3) is 4.57. The molecule has 0 aliphatic carbocycles. The molecule has 140 valence electrons. The van der Waals surface area contributed by atoms with Gasteiger partial charge in [-0.05, 0) is 55.8 Å². The Balaban J connectivity index is 1.37. The molecule has 27 heavy (non-hydrogen) atoms. The molecule has 0 N–H and O–H groups in total. The van der Waals surface area contributed by atoms with Crippen LogP contribution >= 0.6 is 11.6 Å². The summed E-state index contributed by atoms with van der Waals surface area (Å²) >= 11 is 5.98. The van der Waals surface area contributed by atoms with E-state index in [1.807, 2.05) is 24.5 Å². The molecule has 0 radical (unpaired) electrons. The number of hydrogen-bond acceptors (Lipinski definition) is 3. The number of halogens is 1. The lowest BCUT2D eigenvalue weighted by Gasteiger charge is -2.31. The minimum absolute atomic E-state index is 0.549. The lowest BCUT2D eigenvalue weighted by atomic mass is 9.92. The highest BCUT2D eigenvalue weighted by Crippen LogP contribution is 2.27. The van der Waals surface area contributed by atoms with Crippen LogP contribution in [-0.2, 0) is 20.0 Å². The molecule has 2 aromatic heterocycles. The molecule has 1 saturated heterocycles. The number of benzene rings is 1. The van der Waals surface area contributed by atoms with E-state index < -0.39 is 0 Å². The summed E-state index contributed by atoms with van der Waals surface area (Å²) in [4.78, 5) is 11.9. The number of nitrogens with zero attached hydrogens (tertiary/aromatic N) is 4. The van der Waals surface area contributed by atoms with Gasteiger partial charge in [0.15, 0.2) is 0 Å². The molecule has 4 nitrogen and oxygen atoms in total. The third-order valence-electron chi connectivity index (χ3n) is 5.42. The van der Waals surface area contributed by atoms with Crippen LogP contribution in [-0.4, -0.2) is 32.5 Å². The lowest BCUT2D eigenvalue weighted by molar-refractivity contribution is 0.197. The fraction of sp³-hybridized carbons (Fsp3) is 0.364. The van der Waals surface area contributed by atoms with Crippen LogP contribution in [0.5, 0.6) is 0 Å². The smallest absolute Gasteiger partial charge is 0.122 e. The van der Waals surface area contributed by atoms with Crippen molar-refractivity contribution in [3.8, 4) is 0 Å². The maximum atomic E-state index is 5.98. The monoisotopic (exact) mass is 380 g/mol. The molecule has 0 unspecified atom stereocenters. The van der Waals surface area contributed by atoms with Crippen LogP contribution in [0.25, 0.3) is 0 Å². The molecular weight excluding hydrogens is 356 g/mol. The van der Waals surface area contributed by atoms with E-state index >= 15 is 0 Å². The van der Waals surface area contributed by atoms with Gasteiger partial charge in [0, 0.05) is 48.2 Å². The van der Waals surface area contributed by atoms with Crippen molar-refractivity contribution in [2.45, 2.75) is 31.7 Å². The topological polar surface area (TPSA) is 34.0 Å². The molecule has 1 aliphatic heterocycles. The van der Waals surface area contributed by atoms with Crippen LogP contribution in [0.1, 0.15) is 41.5 Å². The molecule has 0 saturated carbocycles. The summed E-state index contributed by atoms with van der Waals surface area (Å²) in [6.07, 6.45) is 7.04. The summed E-state index contributed by atoms with van der Waals surface area (Å²) in [6.45, 7) is 3.13. The van der Waals surface area contributed by atoms with Crippen molar-refractivity contribution < 1.29 is 0 Å². The van der Waals surface area contributed by atoms with Gasteiger partial charge in [-0.2, -0.15) is 0 Å². The highest BCUT2D eigenvalue weighted by atomic mass is 35.5. The molecule has 1 aromatic carbocycles. The van der Waals surface area contributed by atoms with Crippen molar-refractivity contribution in [1.82, 2.24) is 19.4 Å². The Morgan fingerprint density at radius 3 is 2.56 bits per heavy atom. The highest BCUT2D eigenvalue weighted by molar-refractivity contribution is 6.30. The van der Waals surface area contributed by atoms with Gasteiger partial charge in [0.2, 0.25) is 0 Å². The predicted molar refractivity (Wildman–Crippen MR) is 109 cm³/mol. The number of hydrogen-bond donors (Lipinski definition) is 0. The third-order valence-corrected chi connectivity index (χ3v) is 5.67. The van der Waals surface area contributed by atoms with Crippen LogP contribution in [0.2, 0.25) is 5.02 Å². The molecule has 1 fully saturated rings. The highest BCUT2D eigenvalue weighted by Gasteiger charge is 2.22. The Labute approximate surface area is 165 Å². The second-order valence-corrected chi connectivity index (χ2v) is 7.80. The van der Waals surface area contributed by atoms with Crippen molar-refractivity contribution in [2.24, 2.45) is 7.05 Å². The number of rotatable bonds is 5. The van der Waals surface area contributed by atoms with Gasteiger partial charge < -0.3 is 4.57 Å². The quantitative estimate of drug-likeness (QED) is 0.656. The second-order valence-electron chi connectivity index (χ2n) is 7.36. The van der Waals surface area contributed by atoms with Crippen LogP contribution in [0, 0.1) is 0 Å². The first-order valence-electron chi connectivity index (χ1n) is 9.56. The summed E-state index contributed by atoms with van der Waals surface area (Å²) in [5.74, 6) is 1.68. The molecule has 0 atom stereocenters. The summed E-state index contributed by atoms with van der Waals surface area (Å²) in [6, 6.07) is 14.5. The summed E-state index contributed by atoms with van der Waals surface area (Å²) < 4.78 is 2.11. The Morgan fingerprint density at radius 2 is 1.85 bits per heavy atom. The van der Waals surface area contributed by atoms with E-state index in [0.29, 0.717) is 5.92 Å². The molecule has 0 spiro atoms. The summed E-state index contributed by atoms with van der Waals surface area (Å²) in [5.41, 5.74) is 3.61. The standard InChI is InChI=1S/C22H25ClN4/c1-26-14-11-24-22(26)16-27-12-9-18(10-13-27)21-4-2-3-20(25-21)15-17-5-7-19(23)8-6-17/h2-8,11,14,18H,9-10,12-13,15-16H2,1H3. The maximum absolute atomic E-state index is 5.98. The first-order chi connectivity index (χ1) is 13.2. The number of aromatic nitrogens is 3. The fourth-order valence-corrected chi connectivity index (χ4v) is 3.90. The first-order valence-corrected chi connectivity index (χ1v) is 9.94. The van der Waals surface area contributed by atoms with E-state index in [1.165, 1.54) is 11.3 Å². The molecule has 1 aliphatic rings. The molecule has 0 amide bonds. The normalized spacial score (nSPS) is 15.9.